The maximum atomic E-state index is 4.79. The van der Waals surface area contributed by atoms with Crippen molar-refractivity contribution in [3.63, 3.8) is 0 Å². The van der Waals surface area contributed by atoms with Crippen molar-refractivity contribution in [1.29, 1.82) is 0 Å². The Balaban J connectivity index is 1.54. The molecule has 1 heterocycles. The van der Waals surface area contributed by atoms with E-state index in [0.29, 0.717) is 6.04 Å². The van der Waals surface area contributed by atoms with Gasteiger partial charge in [-0.15, -0.1) is 0 Å². The molecule has 0 radical (unpaired) electrons. The first-order valence-corrected chi connectivity index (χ1v) is 9.59. The van der Waals surface area contributed by atoms with Crippen molar-refractivity contribution in [3.8, 4) is 0 Å². The molecule has 1 atom stereocenters. The molecule has 2 fully saturated rings. The van der Waals surface area contributed by atoms with Crippen LogP contribution in [0.4, 0.5) is 0 Å². The number of rotatable bonds is 5. The molecular weight excluding hydrogens is 296 g/mol. The maximum absolute atomic E-state index is 4.79. The van der Waals surface area contributed by atoms with E-state index >= 15 is 0 Å². The Labute approximate surface area is 146 Å². The summed E-state index contributed by atoms with van der Waals surface area (Å²) in [5.41, 5.74) is 2.56. The first kappa shape index (κ1) is 17.3. The Kier molecular flexibility index (Phi) is 6.13. The highest BCUT2D eigenvalue weighted by atomic mass is 15.3. The van der Waals surface area contributed by atoms with Crippen LogP contribution >= 0.6 is 0 Å². The molecule has 1 saturated carbocycles. The van der Waals surface area contributed by atoms with Crippen LogP contribution in [0, 0.1) is 6.92 Å². The monoisotopic (exact) mass is 328 g/mol. The van der Waals surface area contributed by atoms with Gasteiger partial charge in [0, 0.05) is 31.7 Å². The van der Waals surface area contributed by atoms with E-state index in [0.717, 1.165) is 25.1 Å². The van der Waals surface area contributed by atoms with Gasteiger partial charge >= 0.3 is 0 Å². The molecule has 2 aliphatic rings. The molecule has 4 nitrogen and oxygen atoms in total. The Hall–Kier alpha value is -1.55. The van der Waals surface area contributed by atoms with Crippen LogP contribution in [0.2, 0.25) is 0 Å². The lowest BCUT2D eigenvalue weighted by Gasteiger charge is -2.24. The lowest BCUT2D eigenvalue weighted by atomic mass is 10.1. The standard InChI is InChI=1S/C20H32N4/c1-3-21-20(22-14-17-8-6-7-16(2)13-17)23-18-11-12-24(15-18)19-9-4-5-10-19/h6-8,13,18-19H,3-5,9-12,14-15H2,1-2H3,(H2,21,22,23). The highest BCUT2D eigenvalue weighted by Gasteiger charge is 2.30. The van der Waals surface area contributed by atoms with Crippen LogP contribution in [0.15, 0.2) is 29.3 Å². The molecule has 1 unspecified atom stereocenters. The maximum Gasteiger partial charge on any atom is 0.191 e. The van der Waals surface area contributed by atoms with Crippen LogP contribution in [0.1, 0.15) is 50.2 Å². The first-order valence-electron chi connectivity index (χ1n) is 9.59. The largest absolute Gasteiger partial charge is 0.357 e. The summed E-state index contributed by atoms with van der Waals surface area (Å²) in [6, 6.07) is 9.97. The fraction of sp³-hybridized carbons (Fsp3) is 0.650. The van der Waals surface area contributed by atoms with Crippen LogP contribution in [0.25, 0.3) is 0 Å². The van der Waals surface area contributed by atoms with Gasteiger partial charge in [0.2, 0.25) is 0 Å². The summed E-state index contributed by atoms with van der Waals surface area (Å²) < 4.78 is 0. The topological polar surface area (TPSA) is 39.7 Å². The highest BCUT2D eigenvalue weighted by Crippen LogP contribution is 2.26. The summed E-state index contributed by atoms with van der Waals surface area (Å²) >= 11 is 0. The number of nitrogens with zero attached hydrogens (tertiary/aromatic N) is 2. The summed E-state index contributed by atoms with van der Waals surface area (Å²) in [6.07, 6.45) is 6.85. The van der Waals surface area contributed by atoms with Gasteiger partial charge in [-0.3, -0.25) is 4.90 Å². The Morgan fingerprint density at radius 2 is 2.08 bits per heavy atom. The van der Waals surface area contributed by atoms with Crippen molar-refractivity contribution < 1.29 is 0 Å². The molecule has 1 aliphatic heterocycles. The van der Waals surface area contributed by atoms with Crippen molar-refractivity contribution in [2.24, 2.45) is 4.99 Å². The van der Waals surface area contributed by atoms with Crippen LogP contribution in [0.5, 0.6) is 0 Å². The summed E-state index contributed by atoms with van der Waals surface area (Å²) in [5.74, 6) is 0.956. The summed E-state index contributed by atoms with van der Waals surface area (Å²) in [7, 11) is 0. The molecular formula is C20H32N4. The molecule has 24 heavy (non-hydrogen) atoms. The van der Waals surface area contributed by atoms with E-state index in [4.69, 9.17) is 4.99 Å². The number of aliphatic imine (C=N–C) groups is 1. The molecule has 3 rings (SSSR count). The second-order valence-electron chi connectivity index (χ2n) is 7.25. The summed E-state index contributed by atoms with van der Waals surface area (Å²) in [6.45, 7) is 8.30. The SMILES string of the molecule is CCNC(=NCc1cccc(C)c1)NC1CCN(C2CCCC2)C1. The number of likely N-dealkylation sites (tertiary alicyclic amines) is 1. The van der Waals surface area contributed by atoms with Crippen molar-refractivity contribution in [2.45, 2.75) is 64.6 Å². The van der Waals surface area contributed by atoms with E-state index in [-0.39, 0.29) is 0 Å². The van der Waals surface area contributed by atoms with Crippen LogP contribution in [-0.4, -0.2) is 42.6 Å². The second kappa shape index (κ2) is 8.52. The highest BCUT2D eigenvalue weighted by molar-refractivity contribution is 5.80. The van der Waals surface area contributed by atoms with E-state index in [1.807, 2.05) is 0 Å². The van der Waals surface area contributed by atoms with Gasteiger partial charge in [-0.25, -0.2) is 4.99 Å². The van der Waals surface area contributed by atoms with Crippen molar-refractivity contribution in [3.05, 3.63) is 35.4 Å². The molecule has 1 aliphatic carbocycles. The average molecular weight is 329 g/mol. The Bertz CT molecular complexity index is 548. The van der Waals surface area contributed by atoms with Gasteiger partial charge in [0.15, 0.2) is 5.96 Å². The third kappa shape index (κ3) is 4.73. The van der Waals surface area contributed by atoms with E-state index in [1.165, 1.54) is 56.3 Å². The number of guanidine groups is 1. The molecule has 132 valence electrons. The molecule has 0 bridgehead atoms. The van der Waals surface area contributed by atoms with E-state index in [1.54, 1.807) is 0 Å². The lowest BCUT2D eigenvalue weighted by molar-refractivity contribution is 0.242. The molecule has 0 aromatic heterocycles. The van der Waals surface area contributed by atoms with Crippen LogP contribution in [-0.2, 0) is 6.54 Å². The normalized spacial score (nSPS) is 22.9. The van der Waals surface area contributed by atoms with E-state index in [9.17, 15) is 0 Å². The number of aryl methyl sites for hydroxylation is 1. The van der Waals surface area contributed by atoms with Crippen molar-refractivity contribution >= 4 is 5.96 Å². The molecule has 0 spiro atoms. The zero-order chi connectivity index (χ0) is 16.8. The van der Waals surface area contributed by atoms with Crippen LogP contribution < -0.4 is 10.6 Å². The van der Waals surface area contributed by atoms with Crippen molar-refractivity contribution in [1.82, 2.24) is 15.5 Å². The van der Waals surface area contributed by atoms with E-state index in [2.05, 4.69) is 53.6 Å². The van der Waals surface area contributed by atoms with Gasteiger partial charge in [0.05, 0.1) is 6.54 Å². The predicted octanol–water partition coefficient (Wildman–Crippen LogP) is 3.07. The first-order chi connectivity index (χ1) is 11.7. The quantitative estimate of drug-likeness (QED) is 0.644. The molecule has 1 aromatic carbocycles. The van der Waals surface area contributed by atoms with Gasteiger partial charge in [0.25, 0.3) is 0 Å². The molecule has 2 N–H and O–H groups in total. The summed E-state index contributed by atoms with van der Waals surface area (Å²) in [4.78, 5) is 7.48. The third-order valence-electron chi connectivity index (χ3n) is 5.25. The second-order valence-corrected chi connectivity index (χ2v) is 7.25. The molecule has 1 saturated heterocycles. The number of benzene rings is 1. The van der Waals surface area contributed by atoms with Gasteiger partial charge in [0.1, 0.15) is 0 Å². The fourth-order valence-electron chi connectivity index (χ4n) is 4.00. The molecule has 0 amide bonds. The van der Waals surface area contributed by atoms with E-state index < -0.39 is 0 Å². The fourth-order valence-corrected chi connectivity index (χ4v) is 4.00. The van der Waals surface area contributed by atoms with Gasteiger partial charge < -0.3 is 10.6 Å². The number of hydrogen-bond donors (Lipinski definition) is 2. The minimum atomic E-state index is 0.529. The van der Waals surface area contributed by atoms with Gasteiger partial charge in [-0.05, 0) is 38.7 Å². The van der Waals surface area contributed by atoms with Gasteiger partial charge in [-0.1, -0.05) is 42.7 Å². The lowest BCUT2D eigenvalue weighted by Crippen LogP contribution is -2.45. The van der Waals surface area contributed by atoms with Crippen molar-refractivity contribution in [2.75, 3.05) is 19.6 Å². The minimum Gasteiger partial charge on any atom is -0.357 e. The van der Waals surface area contributed by atoms with Crippen LogP contribution in [0.3, 0.4) is 0 Å². The Morgan fingerprint density at radius 1 is 1.25 bits per heavy atom. The minimum absolute atomic E-state index is 0.529. The zero-order valence-corrected chi connectivity index (χ0v) is 15.2. The molecule has 1 aromatic rings. The predicted molar refractivity (Wildman–Crippen MR) is 101 cm³/mol. The third-order valence-corrected chi connectivity index (χ3v) is 5.25. The number of hydrogen-bond acceptors (Lipinski definition) is 2. The summed E-state index contributed by atoms with van der Waals surface area (Å²) in [5, 5.41) is 7.05. The Morgan fingerprint density at radius 3 is 2.83 bits per heavy atom. The zero-order valence-electron chi connectivity index (χ0n) is 15.2. The smallest absolute Gasteiger partial charge is 0.191 e. The number of nitrogens with one attached hydrogen (secondary N) is 2. The average Bonchev–Trinajstić information content (AvgIpc) is 3.24. The molecule has 4 heteroatoms. The van der Waals surface area contributed by atoms with Gasteiger partial charge in [-0.2, -0.15) is 0 Å².